The molecule has 2 heterocycles. The second-order valence-corrected chi connectivity index (χ2v) is 6.14. The Bertz CT molecular complexity index is 307. The molecule has 0 spiro atoms. The van der Waals surface area contributed by atoms with Crippen LogP contribution in [0.5, 0.6) is 0 Å². The van der Waals surface area contributed by atoms with E-state index < -0.39 is 5.60 Å². The minimum Gasteiger partial charge on any atom is -0.444 e. The number of rotatable bonds is 1. The number of fused-ring (bicyclic) bond motifs is 2. The normalized spacial score (nSPS) is 32.4. The summed E-state index contributed by atoms with van der Waals surface area (Å²) in [4.78, 5) is 24.8. The van der Waals surface area contributed by atoms with Crippen molar-refractivity contribution in [3.63, 3.8) is 0 Å². The van der Waals surface area contributed by atoms with Gasteiger partial charge in [-0.3, -0.25) is 0 Å². The number of nitrogens with zero attached hydrogens (tertiary/aromatic N) is 1. The van der Waals surface area contributed by atoms with Crippen molar-refractivity contribution in [3.8, 4) is 0 Å². The van der Waals surface area contributed by atoms with Gasteiger partial charge in [0.1, 0.15) is 11.9 Å². The largest absolute Gasteiger partial charge is 0.444 e. The Morgan fingerprint density at radius 3 is 2.18 bits per heavy atom. The molecule has 2 bridgehead atoms. The van der Waals surface area contributed by atoms with Gasteiger partial charge in [0.2, 0.25) is 0 Å². The summed E-state index contributed by atoms with van der Waals surface area (Å²) in [5.41, 5.74) is -0.446. The van der Waals surface area contributed by atoms with E-state index in [1.165, 1.54) is 0 Å². The molecule has 0 aromatic rings. The SMILES string of the molecule is CC(C)(C)OC(=O)N1[C@@H]2CC[C@H]1C[C@@H](C=O)C2. The van der Waals surface area contributed by atoms with Crippen LogP contribution in [0.15, 0.2) is 0 Å². The summed E-state index contributed by atoms with van der Waals surface area (Å²) in [6.45, 7) is 5.64. The fourth-order valence-corrected chi connectivity index (χ4v) is 2.94. The van der Waals surface area contributed by atoms with E-state index in [0.29, 0.717) is 0 Å². The van der Waals surface area contributed by atoms with Crippen LogP contribution in [0.25, 0.3) is 0 Å². The van der Waals surface area contributed by atoms with Gasteiger partial charge in [0.15, 0.2) is 0 Å². The van der Waals surface area contributed by atoms with Crippen LogP contribution in [0, 0.1) is 5.92 Å². The lowest BCUT2D eigenvalue weighted by molar-refractivity contribution is -0.113. The maximum atomic E-state index is 12.1. The van der Waals surface area contributed by atoms with Crippen LogP contribution in [-0.4, -0.2) is 35.0 Å². The van der Waals surface area contributed by atoms with E-state index in [1.807, 2.05) is 25.7 Å². The van der Waals surface area contributed by atoms with Gasteiger partial charge in [-0.05, 0) is 46.5 Å². The standard InChI is InChI=1S/C13H21NO3/c1-13(2,3)17-12(16)14-10-4-5-11(14)7-9(6-10)8-15/h8-11H,4-7H2,1-3H3/t9-,10+,11-. The molecular weight excluding hydrogens is 218 g/mol. The highest BCUT2D eigenvalue weighted by molar-refractivity contribution is 5.70. The van der Waals surface area contributed by atoms with Gasteiger partial charge in [-0.1, -0.05) is 0 Å². The molecule has 3 atom stereocenters. The zero-order valence-corrected chi connectivity index (χ0v) is 10.8. The molecule has 0 aliphatic carbocycles. The highest BCUT2D eigenvalue weighted by Gasteiger charge is 2.44. The van der Waals surface area contributed by atoms with Crippen LogP contribution in [0.2, 0.25) is 0 Å². The summed E-state index contributed by atoms with van der Waals surface area (Å²) in [7, 11) is 0. The Morgan fingerprint density at radius 2 is 1.76 bits per heavy atom. The molecule has 0 unspecified atom stereocenters. The molecular formula is C13H21NO3. The van der Waals surface area contributed by atoms with Gasteiger partial charge < -0.3 is 14.4 Å². The zero-order valence-electron chi connectivity index (χ0n) is 10.8. The molecule has 0 N–H and O–H groups in total. The van der Waals surface area contributed by atoms with Crippen LogP contribution < -0.4 is 0 Å². The lowest BCUT2D eigenvalue weighted by Gasteiger charge is -2.38. The van der Waals surface area contributed by atoms with Gasteiger partial charge in [-0.25, -0.2) is 4.79 Å². The molecule has 0 saturated carbocycles. The van der Waals surface area contributed by atoms with Gasteiger partial charge in [-0.2, -0.15) is 0 Å². The van der Waals surface area contributed by atoms with E-state index in [4.69, 9.17) is 4.74 Å². The van der Waals surface area contributed by atoms with Gasteiger partial charge in [0.05, 0.1) is 0 Å². The van der Waals surface area contributed by atoms with E-state index in [0.717, 1.165) is 32.0 Å². The number of ether oxygens (including phenoxy) is 1. The van der Waals surface area contributed by atoms with Crippen molar-refractivity contribution in [2.45, 2.75) is 64.1 Å². The summed E-state index contributed by atoms with van der Waals surface area (Å²) >= 11 is 0. The molecule has 0 aromatic heterocycles. The predicted octanol–water partition coefficient (Wildman–Crippen LogP) is 2.36. The number of amides is 1. The van der Waals surface area contributed by atoms with Gasteiger partial charge >= 0.3 is 6.09 Å². The average Bonchev–Trinajstić information content (AvgIpc) is 2.47. The van der Waals surface area contributed by atoms with Gasteiger partial charge in [0.25, 0.3) is 0 Å². The molecule has 0 aromatic carbocycles. The van der Waals surface area contributed by atoms with Crippen molar-refractivity contribution < 1.29 is 14.3 Å². The molecule has 96 valence electrons. The lowest BCUT2D eigenvalue weighted by Crippen LogP contribution is -2.48. The smallest absolute Gasteiger partial charge is 0.410 e. The molecule has 2 rings (SSSR count). The third-order valence-electron chi connectivity index (χ3n) is 3.57. The second-order valence-electron chi connectivity index (χ2n) is 6.14. The fraction of sp³-hybridized carbons (Fsp3) is 0.846. The molecule has 17 heavy (non-hydrogen) atoms. The zero-order chi connectivity index (χ0) is 12.6. The number of carbonyl (C=O) groups excluding carboxylic acids is 2. The minimum atomic E-state index is -0.446. The average molecular weight is 239 g/mol. The quantitative estimate of drug-likeness (QED) is 0.660. The lowest BCUT2D eigenvalue weighted by atomic mass is 9.92. The van der Waals surface area contributed by atoms with Gasteiger partial charge in [-0.15, -0.1) is 0 Å². The van der Waals surface area contributed by atoms with Crippen LogP contribution >= 0.6 is 0 Å². The molecule has 2 saturated heterocycles. The van der Waals surface area contributed by atoms with Crippen LogP contribution in [0.1, 0.15) is 46.5 Å². The first-order valence-electron chi connectivity index (χ1n) is 6.37. The predicted molar refractivity (Wildman–Crippen MR) is 63.7 cm³/mol. The minimum absolute atomic E-state index is 0.131. The third kappa shape index (κ3) is 2.61. The summed E-state index contributed by atoms with van der Waals surface area (Å²) in [6, 6.07) is 0.414. The van der Waals surface area contributed by atoms with Crippen LogP contribution in [-0.2, 0) is 9.53 Å². The molecule has 1 amide bonds. The monoisotopic (exact) mass is 239 g/mol. The Kier molecular flexibility index (Phi) is 3.15. The highest BCUT2D eigenvalue weighted by atomic mass is 16.6. The first kappa shape index (κ1) is 12.4. The van der Waals surface area contributed by atoms with E-state index in [9.17, 15) is 9.59 Å². The first-order chi connectivity index (χ1) is 7.90. The van der Waals surface area contributed by atoms with Crippen LogP contribution in [0.3, 0.4) is 0 Å². The molecule has 2 aliphatic rings. The summed E-state index contributed by atoms with van der Waals surface area (Å²) < 4.78 is 5.43. The summed E-state index contributed by atoms with van der Waals surface area (Å²) in [5.74, 6) is 0.131. The maximum absolute atomic E-state index is 12.1. The van der Waals surface area contributed by atoms with E-state index in [2.05, 4.69) is 0 Å². The number of piperidine rings is 1. The number of aldehydes is 1. The molecule has 0 radical (unpaired) electrons. The first-order valence-corrected chi connectivity index (χ1v) is 6.37. The van der Waals surface area contributed by atoms with Crippen LogP contribution in [0.4, 0.5) is 4.79 Å². The summed E-state index contributed by atoms with van der Waals surface area (Å²) in [6.07, 6.45) is 4.45. The second kappa shape index (κ2) is 4.31. The van der Waals surface area contributed by atoms with Crippen molar-refractivity contribution in [3.05, 3.63) is 0 Å². The van der Waals surface area contributed by atoms with Crippen molar-refractivity contribution in [1.29, 1.82) is 0 Å². The number of carbonyl (C=O) groups is 2. The van der Waals surface area contributed by atoms with E-state index in [-0.39, 0.29) is 24.1 Å². The molecule has 2 aliphatic heterocycles. The molecule has 2 fully saturated rings. The Labute approximate surface area is 102 Å². The Balaban J connectivity index is 2.04. The number of hydrogen-bond acceptors (Lipinski definition) is 3. The van der Waals surface area contributed by atoms with Gasteiger partial charge in [0, 0.05) is 18.0 Å². The maximum Gasteiger partial charge on any atom is 0.410 e. The van der Waals surface area contributed by atoms with E-state index in [1.54, 1.807) is 0 Å². The van der Waals surface area contributed by atoms with Crippen molar-refractivity contribution in [2.24, 2.45) is 5.92 Å². The Hall–Kier alpha value is -1.06. The van der Waals surface area contributed by atoms with Crippen molar-refractivity contribution in [1.82, 2.24) is 4.90 Å². The van der Waals surface area contributed by atoms with E-state index >= 15 is 0 Å². The molecule has 4 heteroatoms. The number of hydrogen-bond donors (Lipinski definition) is 0. The Morgan fingerprint density at radius 1 is 1.24 bits per heavy atom. The highest BCUT2D eigenvalue weighted by Crippen LogP contribution is 2.38. The van der Waals surface area contributed by atoms with Crippen molar-refractivity contribution >= 4 is 12.4 Å². The topological polar surface area (TPSA) is 46.6 Å². The van der Waals surface area contributed by atoms with Crippen molar-refractivity contribution in [2.75, 3.05) is 0 Å². The summed E-state index contributed by atoms with van der Waals surface area (Å²) in [5, 5.41) is 0. The molecule has 4 nitrogen and oxygen atoms in total. The fourth-order valence-electron chi connectivity index (χ4n) is 2.94. The third-order valence-corrected chi connectivity index (χ3v) is 3.57.